The van der Waals surface area contributed by atoms with E-state index in [4.69, 9.17) is 4.42 Å². The molecule has 1 spiro atoms. The van der Waals surface area contributed by atoms with Gasteiger partial charge in [-0.3, -0.25) is 14.3 Å². The Kier molecular flexibility index (Phi) is 3.04. The maximum atomic E-state index is 12.9. The smallest absolute Gasteiger partial charge is 0.257 e. The average Bonchev–Trinajstić information content (AvgIpc) is 3.30. The Labute approximate surface area is 133 Å². The SMILES string of the molecule is Cn1cc(N2CC[C@]3(CCN(C(=O)c4ccoc4)C3)C2=O)cn1. The lowest BCUT2D eigenvalue weighted by atomic mass is 9.85. The van der Waals surface area contributed by atoms with Crippen LogP contribution in [0.5, 0.6) is 0 Å². The molecule has 2 amide bonds. The number of hydrogen-bond donors (Lipinski definition) is 0. The van der Waals surface area contributed by atoms with Gasteiger partial charge in [0, 0.05) is 32.9 Å². The lowest BCUT2D eigenvalue weighted by molar-refractivity contribution is -0.124. The molecule has 23 heavy (non-hydrogen) atoms. The third-order valence-electron chi connectivity index (χ3n) is 4.92. The molecule has 1 atom stereocenters. The van der Waals surface area contributed by atoms with Gasteiger partial charge >= 0.3 is 0 Å². The average molecular weight is 314 g/mol. The van der Waals surface area contributed by atoms with E-state index in [1.807, 2.05) is 13.2 Å². The number of carbonyl (C=O) groups is 2. The van der Waals surface area contributed by atoms with Gasteiger partial charge in [-0.2, -0.15) is 5.10 Å². The van der Waals surface area contributed by atoms with Crippen LogP contribution in [0.2, 0.25) is 0 Å². The number of carbonyl (C=O) groups excluding carboxylic acids is 2. The summed E-state index contributed by atoms with van der Waals surface area (Å²) in [6.07, 6.45) is 7.98. The topological polar surface area (TPSA) is 71.6 Å². The fourth-order valence-corrected chi connectivity index (χ4v) is 3.61. The van der Waals surface area contributed by atoms with Gasteiger partial charge in [-0.05, 0) is 18.9 Å². The number of hydrogen-bond acceptors (Lipinski definition) is 4. The first-order valence-corrected chi connectivity index (χ1v) is 7.71. The van der Waals surface area contributed by atoms with Gasteiger partial charge < -0.3 is 14.2 Å². The molecule has 2 aromatic rings. The molecular weight excluding hydrogens is 296 g/mol. The van der Waals surface area contributed by atoms with E-state index in [1.54, 1.807) is 26.7 Å². The molecule has 0 unspecified atom stereocenters. The van der Waals surface area contributed by atoms with Crippen LogP contribution in [0.3, 0.4) is 0 Å². The fraction of sp³-hybridized carbons (Fsp3) is 0.438. The highest BCUT2D eigenvalue weighted by Gasteiger charge is 2.52. The molecule has 0 N–H and O–H groups in total. The Morgan fingerprint density at radius 3 is 2.87 bits per heavy atom. The zero-order chi connectivity index (χ0) is 16.0. The maximum Gasteiger partial charge on any atom is 0.257 e. The molecule has 4 rings (SSSR count). The van der Waals surface area contributed by atoms with Gasteiger partial charge in [-0.15, -0.1) is 0 Å². The van der Waals surface area contributed by atoms with E-state index in [2.05, 4.69) is 5.10 Å². The van der Waals surface area contributed by atoms with Crippen molar-refractivity contribution in [3.8, 4) is 0 Å². The van der Waals surface area contributed by atoms with E-state index in [-0.39, 0.29) is 11.8 Å². The van der Waals surface area contributed by atoms with Gasteiger partial charge in [0.15, 0.2) is 0 Å². The first-order valence-electron chi connectivity index (χ1n) is 7.71. The van der Waals surface area contributed by atoms with Crippen LogP contribution in [0.1, 0.15) is 23.2 Å². The van der Waals surface area contributed by atoms with E-state index in [0.29, 0.717) is 31.6 Å². The second-order valence-electron chi connectivity index (χ2n) is 6.35. The summed E-state index contributed by atoms with van der Waals surface area (Å²) in [5, 5.41) is 4.14. The van der Waals surface area contributed by atoms with Crippen molar-refractivity contribution in [3.05, 3.63) is 36.5 Å². The molecule has 2 aliphatic rings. The van der Waals surface area contributed by atoms with Crippen LogP contribution in [-0.2, 0) is 11.8 Å². The van der Waals surface area contributed by atoms with Crippen molar-refractivity contribution in [1.29, 1.82) is 0 Å². The van der Waals surface area contributed by atoms with Gasteiger partial charge in [0.05, 0.1) is 29.1 Å². The molecule has 7 heteroatoms. The summed E-state index contributed by atoms with van der Waals surface area (Å²) in [7, 11) is 1.83. The number of furan rings is 1. The number of rotatable bonds is 2. The largest absolute Gasteiger partial charge is 0.472 e. The monoisotopic (exact) mass is 314 g/mol. The second kappa shape index (κ2) is 4.97. The third kappa shape index (κ3) is 2.15. The first-order chi connectivity index (χ1) is 11.1. The molecule has 0 saturated carbocycles. The molecule has 120 valence electrons. The molecule has 2 aliphatic heterocycles. The highest BCUT2D eigenvalue weighted by molar-refractivity contribution is 6.01. The van der Waals surface area contributed by atoms with Crippen molar-refractivity contribution in [2.45, 2.75) is 12.8 Å². The summed E-state index contributed by atoms with van der Waals surface area (Å²) in [4.78, 5) is 28.9. The quantitative estimate of drug-likeness (QED) is 0.837. The Bertz CT molecular complexity index is 751. The number of anilines is 1. The summed E-state index contributed by atoms with van der Waals surface area (Å²) >= 11 is 0. The van der Waals surface area contributed by atoms with Crippen molar-refractivity contribution in [3.63, 3.8) is 0 Å². The minimum atomic E-state index is -0.449. The van der Waals surface area contributed by atoms with Crippen LogP contribution >= 0.6 is 0 Å². The predicted molar refractivity (Wildman–Crippen MR) is 81.8 cm³/mol. The first kappa shape index (κ1) is 14.0. The van der Waals surface area contributed by atoms with Crippen molar-refractivity contribution in [2.75, 3.05) is 24.5 Å². The van der Waals surface area contributed by atoms with E-state index >= 15 is 0 Å². The molecule has 0 bridgehead atoms. The number of aromatic nitrogens is 2. The summed E-state index contributed by atoms with van der Waals surface area (Å²) in [6, 6.07) is 1.66. The Morgan fingerprint density at radius 1 is 1.35 bits per heavy atom. The van der Waals surface area contributed by atoms with Crippen LogP contribution in [-0.4, -0.2) is 46.1 Å². The van der Waals surface area contributed by atoms with Crippen molar-refractivity contribution >= 4 is 17.5 Å². The normalized spacial score (nSPS) is 24.1. The highest BCUT2D eigenvalue weighted by Crippen LogP contribution is 2.42. The van der Waals surface area contributed by atoms with Gasteiger partial charge in [0.2, 0.25) is 5.91 Å². The lowest BCUT2D eigenvalue weighted by Gasteiger charge is -2.23. The number of nitrogens with zero attached hydrogens (tertiary/aromatic N) is 4. The number of likely N-dealkylation sites (tertiary alicyclic amines) is 1. The fourth-order valence-electron chi connectivity index (χ4n) is 3.61. The molecule has 2 fully saturated rings. The summed E-state index contributed by atoms with van der Waals surface area (Å²) < 4.78 is 6.67. The van der Waals surface area contributed by atoms with Gasteiger partial charge in [0.25, 0.3) is 5.91 Å². The van der Waals surface area contributed by atoms with Gasteiger partial charge in [-0.25, -0.2) is 0 Å². The van der Waals surface area contributed by atoms with Gasteiger partial charge in [0.1, 0.15) is 6.26 Å². The second-order valence-corrected chi connectivity index (χ2v) is 6.35. The molecule has 2 aromatic heterocycles. The Hall–Kier alpha value is -2.57. The number of aryl methyl sites for hydroxylation is 1. The summed E-state index contributed by atoms with van der Waals surface area (Å²) in [5.41, 5.74) is 0.917. The molecule has 0 aliphatic carbocycles. The summed E-state index contributed by atoms with van der Waals surface area (Å²) in [6.45, 7) is 1.77. The molecule has 7 nitrogen and oxygen atoms in total. The highest BCUT2D eigenvalue weighted by atomic mass is 16.3. The molecule has 0 aromatic carbocycles. The standard InChI is InChI=1S/C16H18N4O3/c1-18-9-13(8-17-18)20-6-4-16(15(20)22)3-5-19(11-16)14(21)12-2-7-23-10-12/h2,7-10H,3-6,11H2,1H3/t16-/m0/s1. The van der Waals surface area contributed by atoms with Crippen molar-refractivity contribution in [1.82, 2.24) is 14.7 Å². The molecular formula is C16H18N4O3. The van der Waals surface area contributed by atoms with E-state index in [0.717, 1.165) is 12.1 Å². The van der Waals surface area contributed by atoms with Crippen LogP contribution in [0, 0.1) is 5.41 Å². The predicted octanol–water partition coefficient (Wildman–Crippen LogP) is 1.28. The van der Waals surface area contributed by atoms with Crippen LogP contribution in [0.25, 0.3) is 0 Å². The van der Waals surface area contributed by atoms with Crippen molar-refractivity contribution < 1.29 is 14.0 Å². The molecule has 0 radical (unpaired) electrons. The minimum Gasteiger partial charge on any atom is -0.472 e. The van der Waals surface area contributed by atoms with Crippen molar-refractivity contribution in [2.24, 2.45) is 12.5 Å². The van der Waals surface area contributed by atoms with Crippen LogP contribution in [0.15, 0.2) is 35.4 Å². The maximum absolute atomic E-state index is 12.9. The Morgan fingerprint density at radius 2 is 2.17 bits per heavy atom. The van der Waals surface area contributed by atoms with E-state index in [9.17, 15) is 9.59 Å². The zero-order valence-electron chi connectivity index (χ0n) is 12.9. The minimum absolute atomic E-state index is 0.0664. The zero-order valence-corrected chi connectivity index (χ0v) is 12.9. The molecule has 4 heterocycles. The van der Waals surface area contributed by atoms with Crippen LogP contribution < -0.4 is 4.90 Å². The lowest BCUT2D eigenvalue weighted by Crippen LogP contribution is -2.38. The molecule has 2 saturated heterocycles. The van der Waals surface area contributed by atoms with E-state index in [1.165, 1.54) is 12.5 Å². The van der Waals surface area contributed by atoms with E-state index < -0.39 is 5.41 Å². The Balaban J connectivity index is 1.52. The van der Waals surface area contributed by atoms with Gasteiger partial charge in [-0.1, -0.05) is 0 Å². The summed E-state index contributed by atoms with van der Waals surface area (Å²) in [5.74, 6) is 0.0382. The van der Waals surface area contributed by atoms with Crippen LogP contribution in [0.4, 0.5) is 5.69 Å². The third-order valence-corrected chi connectivity index (χ3v) is 4.92. The number of amides is 2.